The number of hydrogen-bond donors (Lipinski definition) is 1. The van der Waals surface area contributed by atoms with E-state index in [1.165, 1.54) is 17.0 Å². The fraction of sp³-hybridized carbons (Fsp3) is 0.167. The van der Waals surface area contributed by atoms with Gasteiger partial charge in [-0.05, 0) is 24.3 Å². The van der Waals surface area contributed by atoms with Crippen LogP contribution in [0.3, 0.4) is 0 Å². The van der Waals surface area contributed by atoms with Crippen molar-refractivity contribution in [1.82, 2.24) is 15.0 Å². The number of benzene rings is 2. The Morgan fingerprint density at radius 3 is 2.64 bits per heavy atom. The molecule has 0 radical (unpaired) electrons. The minimum Gasteiger partial charge on any atom is -0.334 e. The number of nitrogens with zero attached hydrogens (tertiary/aromatic N) is 3. The fourth-order valence-corrected chi connectivity index (χ4v) is 2.20. The summed E-state index contributed by atoms with van der Waals surface area (Å²) >= 11 is 0. The number of aromatic nitrogens is 2. The number of amides is 2. The van der Waals surface area contributed by atoms with E-state index in [-0.39, 0.29) is 5.69 Å². The van der Waals surface area contributed by atoms with Crippen LogP contribution in [0.1, 0.15) is 5.82 Å². The van der Waals surface area contributed by atoms with Crippen molar-refractivity contribution in [2.24, 2.45) is 0 Å². The third kappa shape index (κ3) is 4.20. The molecule has 0 aliphatic rings. The van der Waals surface area contributed by atoms with E-state index in [9.17, 15) is 9.18 Å². The Hall–Kier alpha value is -3.22. The second-order valence-corrected chi connectivity index (χ2v) is 5.46. The summed E-state index contributed by atoms with van der Waals surface area (Å²) in [5.74, 6) is 0.466. The van der Waals surface area contributed by atoms with Crippen LogP contribution in [0.2, 0.25) is 0 Å². The lowest BCUT2D eigenvalue weighted by atomic mass is 10.2. The Balaban J connectivity index is 1.55. The SMILES string of the molecule is CN(CCc1noc(-c2ccccc2)n1)C(=O)Nc1ccccc1F. The predicted octanol–water partition coefficient (Wildman–Crippen LogP) is 3.58. The molecule has 0 atom stereocenters. The second-order valence-electron chi connectivity index (χ2n) is 5.46. The largest absolute Gasteiger partial charge is 0.334 e. The fourth-order valence-electron chi connectivity index (χ4n) is 2.20. The summed E-state index contributed by atoms with van der Waals surface area (Å²) in [4.78, 5) is 17.8. The van der Waals surface area contributed by atoms with Crippen LogP contribution in [-0.4, -0.2) is 34.7 Å². The van der Waals surface area contributed by atoms with Gasteiger partial charge in [-0.1, -0.05) is 35.5 Å². The molecule has 0 saturated carbocycles. The molecular weight excluding hydrogens is 323 g/mol. The van der Waals surface area contributed by atoms with Gasteiger partial charge >= 0.3 is 6.03 Å². The first-order chi connectivity index (χ1) is 12.1. The van der Waals surface area contributed by atoms with Gasteiger partial charge in [0.25, 0.3) is 5.89 Å². The first-order valence-corrected chi connectivity index (χ1v) is 7.78. The summed E-state index contributed by atoms with van der Waals surface area (Å²) in [6.07, 6.45) is 0.428. The van der Waals surface area contributed by atoms with E-state index >= 15 is 0 Å². The van der Waals surface area contributed by atoms with Crippen LogP contribution in [0.15, 0.2) is 59.1 Å². The molecule has 0 fully saturated rings. The summed E-state index contributed by atoms with van der Waals surface area (Å²) in [7, 11) is 1.62. The molecule has 0 aliphatic heterocycles. The molecule has 6 nitrogen and oxygen atoms in total. The van der Waals surface area contributed by atoms with Gasteiger partial charge in [0.2, 0.25) is 0 Å². The zero-order valence-electron chi connectivity index (χ0n) is 13.6. The van der Waals surface area contributed by atoms with Crippen LogP contribution < -0.4 is 5.32 Å². The summed E-state index contributed by atoms with van der Waals surface area (Å²) in [6.45, 7) is 0.369. The van der Waals surface area contributed by atoms with Crippen molar-refractivity contribution < 1.29 is 13.7 Å². The first kappa shape index (κ1) is 16.6. The van der Waals surface area contributed by atoms with Gasteiger partial charge in [-0.15, -0.1) is 0 Å². The van der Waals surface area contributed by atoms with E-state index < -0.39 is 11.8 Å². The monoisotopic (exact) mass is 340 g/mol. The van der Waals surface area contributed by atoms with Crippen molar-refractivity contribution in [3.05, 3.63) is 66.2 Å². The van der Waals surface area contributed by atoms with E-state index in [4.69, 9.17) is 4.52 Å². The smallest absolute Gasteiger partial charge is 0.321 e. The molecule has 2 aromatic carbocycles. The molecule has 0 bridgehead atoms. The minimum atomic E-state index is -0.477. The number of rotatable bonds is 5. The zero-order chi connectivity index (χ0) is 17.6. The summed E-state index contributed by atoms with van der Waals surface area (Å²) in [6, 6.07) is 15.1. The highest BCUT2D eigenvalue weighted by Crippen LogP contribution is 2.16. The van der Waals surface area contributed by atoms with Gasteiger partial charge in [-0.2, -0.15) is 4.98 Å². The van der Waals surface area contributed by atoms with Crippen LogP contribution in [0.25, 0.3) is 11.5 Å². The summed E-state index contributed by atoms with van der Waals surface area (Å²) in [5.41, 5.74) is 0.983. The van der Waals surface area contributed by atoms with E-state index in [1.807, 2.05) is 30.3 Å². The highest BCUT2D eigenvalue weighted by atomic mass is 19.1. The van der Waals surface area contributed by atoms with Crippen LogP contribution in [0, 0.1) is 5.82 Å². The van der Waals surface area contributed by atoms with Crippen LogP contribution in [0.5, 0.6) is 0 Å². The molecule has 2 amide bonds. The summed E-state index contributed by atoms with van der Waals surface area (Å²) < 4.78 is 18.8. The molecule has 1 aromatic heterocycles. The Kier molecular flexibility index (Phi) is 5.03. The van der Waals surface area contributed by atoms with Crippen molar-refractivity contribution >= 4 is 11.7 Å². The first-order valence-electron chi connectivity index (χ1n) is 7.78. The molecule has 0 aliphatic carbocycles. The summed E-state index contributed by atoms with van der Waals surface area (Å²) in [5, 5.41) is 6.44. The molecule has 0 unspecified atom stereocenters. The topological polar surface area (TPSA) is 71.3 Å². The predicted molar refractivity (Wildman–Crippen MR) is 91.5 cm³/mol. The molecule has 0 saturated heterocycles. The van der Waals surface area contributed by atoms with Crippen molar-refractivity contribution in [3.8, 4) is 11.5 Å². The number of urea groups is 1. The number of carbonyl (C=O) groups excluding carboxylic acids is 1. The lowest BCUT2D eigenvalue weighted by molar-refractivity contribution is 0.222. The number of hydrogen-bond acceptors (Lipinski definition) is 4. The average molecular weight is 340 g/mol. The van der Waals surface area contributed by atoms with Gasteiger partial charge in [0.1, 0.15) is 5.82 Å². The van der Waals surface area contributed by atoms with Gasteiger partial charge in [0.05, 0.1) is 5.69 Å². The Morgan fingerprint density at radius 2 is 1.88 bits per heavy atom. The molecule has 128 valence electrons. The maximum absolute atomic E-state index is 13.6. The standard InChI is InChI=1S/C18H17FN4O2/c1-23(18(24)20-15-10-6-5-9-14(15)19)12-11-16-21-17(25-22-16)13-7-3-2-4-8-13/h2-10H,11-12H2,1H3,(H,20,24). The zero-order valence-corrected chi connectivity index (χ0v) is 13.6. The molecule has 25 heavy (non-hydrogen) atoms. The normalized spacial score (nSPS) is 10.5. The van der Waals surface area contributed by atoms with E-state index in [2.05, 4.69) is 15.5 Å². The van der Waals surface area contributed by atoms with Crippen LogP contribution >= 0.6 is 0 Å². The van der Waals surface area contributed by atoms with Gasteiger partial charge in [0.15, 0.2) is 5.82 Å². The number of likely N-dealkylation sites (N-methyl/N-ethyl adjacent to an activating group) is 1. The average Bonchev–Trinajstić information content (AvgIpc) is 3.11. The molecule has 0 spiro atoms. The van der Waals surface area contributed by atoms with Gasteiger partial charge in [-0.3, -0.25) is 0 Å². The minimum absolute atomic E-state index is 0.144. The number of nitrogens with one attached hydrogen (secondary N) is 1. The van der Waals surface area contributed by atoms with Gasteiger partial charge < -0.3 is 14.7 Å². The molecule has 3 aromatic rings. The molecule has 1 N–H and O–H groups in total. The van der Waals surface area contributed by atoms with Crippen LogP contribution in [0.4, 0.5) is 14.9 Å². The second kappa shape index (κ2) is 7.57. The lowest BCUT2D eigenvalue weighted by Crippen LogP contribution is -2.33. The van der Waals surface area contributed by atoms with Crippen molar-refractivity contribution in [1.29, 1.82) is 0 Å². The van der Waals surface area contributed by atoms with E-state index in [1.54, 1.807) is 19.2 Å². The highest BCUT2D eigenvalue weighted by molar-refractivity contribution is 5.89. The Morgan fingerprint density at radius 1 is 1.16 bits per heavy atom. The Labute approximate surface area is 144 Å². The van der Waals surface area contributed by atoms with E-state index in [0.717, 1.165) is 5.56 Å². The van der Waals surface area contributed by atoms with Gasteiger partial charge in [-0.25, -0.2) is 9.18 Å². The number of halogens is 1. The van der Waals surface area contributed by atoms with Crippen molar-refractivity contribution in [2.75, 3.05) is 18.9 Å². The molecule has 7 heteroatoms. The maximum atomic E-state index is 13.6. The lowest BCUT2D eigenvalue weighted by Gasteiger charge is -2.17. The Bertz CT molecular complexity index is 851. The third-order valence-corrected chi connectivity index (χ3v) is 3.62. The quantitative estimate of drug-likeness (QED) is 0.770. The van der Waals surface area contributed by atoms with Crippen molar-refractivity contribution in [2.45, 2.75) is 6.42 Å². The van der Waals surface area contributed by atoms with Crippen molar-refractivity contribution in [3.63, 3.8) is 0 Å². The number of anilines is 1. The molecule has 1 heterocycles. The van der Waals surface area contributed by atoms with E-state index in [0.29, 0.717) is 24.7 Å². The van der Waals surface area contributed by atoms with Crippen LogP contribution in [-0.2, 0) is 6.42 Å². The number of carbonyl (C=O) groups is 1. The number of para-hydroxylation sites is 1. The third-order valence-electron chi connectivity index (χ3n) is 3.62. The molecule has 3 rings (SSSR count). The maximum Gasteiger partial charge on any atom is 0.321 e. The molecular formula is C18H17FN4O2. The highest BCUT2D eigenvalue weighted by Gasteiger charge is 2.13. The van der Waals surface area contributed by atoms with Gasteiger partial charge in [0, 0.05) is 25.6 Å².